The Balaban J connectivity index is 0.000000150. The van der Waals surface area contributed by atoms with E-state index < -0.39 is 38.0 Å². The normalized spacial score (nSPS) is 22.2. The topological polar surface area (TPSA) is 207 Å². The van der Waals surface area contributed by atoms with Crippen LogP contribution in [0.3, 0.4) is 0 Å². The molecule has 3 fully saturated rings. The molecule has 0 bridgehead atoms. The Morgan fingerprint density at radius 3 is 1.07 bits per heavy atom. The smallest absolute Gasteiger partial charge is 0.346 e. The fourth-order valence-corrected chi connectivity index (χ4v) is 20.7. The van der Waals surface area contributed by atoms with Crippen molar-refractivity contribution in [3.8, 4) is 31.3 Å². The second kappa shape index (κ2) is 31.6. The van der Waals surface area contributed by atoms with Gasteiger partial charge in [0.2, 0.25) is 26.0 Å². The number of carbonyl (C=O) groups is 4. The highest BCUT2D eigenvalue weighted by molar-refractivity contribution is 7.89. The molecule has 0 atom stereocenters. The van der Waals surface area contributed by atoms with Crippen LogP contribution in [0.5, 0.6) is 0 Å². The first-order valence-electron chi connectivity index (χ1n) is 34.6. The number of carboxylic acid groups (broad SMARTS) is 3. The second-order valence-electron chi connectivity index (χ2n) is 27.9. The Kier molecular flexibility index (Phi) is 23.3. The Morgan fingerprint density at radius 1 is 0.429 bits per heavy atom. The summed E-state index contributed by atoms with van der Waals surface area (Å²) in [5.41, 5.74) is 13.2. The molecule has 6 heterocycles. The highest BCUT2D eigenvalue weighted by Crippen LogP contribution is 2.48. The highest BCUT2D eigenvalue weighted by atomic mass is 32.2. The van der Waals surface area contributed by atoms with Crippen molar-refractivity contribution in [1.82, 2.24) is 13.5 Å². The third-order valence-corrected chi connectivity index (χ3v) is 27.7. The van der Waals surface area contributed by atoms with Crippen molar-refractivity contribution >= 4 is 94.6 Å². The minimum absolute atomic E-state index is 0.101. The van der Waals surface area contributed by atoms with Crippen molar-refractivity contribution in [2.75, 3.05) is 45.5 Å². The van der Waals surface area contributed by atoms with Crippen LogP contribution in [-0.4, -0.2) is 115 Å². The molecule has 518 valence electrons. The molecule has 3 N–H and O–H groups in total. The number of carbonyl (C=O) groups excluding carboxylic acids is 1. The lowest BCUT2D eigenvalue weighted by Gasteiger charge is -2.37. The lowest BCUT2D eigenvalue weighted by atomic mass is 9.75. The molecule has 3 aliphatic carbocycles. The van der Waals surface area contributed by atoms with Gasteiger partial charge in [-0.05, 0) is 181 Å². The van der Waals surface area contributed by atoms with Gasteiger partial charge in [0.15, 0.2) is 0 Å². The average Bonchev–Trinajstić information content (AvgIpc) is 1.51. The number of rotatable bonds is 15. The van der Waals surface area contributed by atoms with Gasteiger partial charge in [0.25, 0.3) is 0 Å². The van der Waals surface area contributed by atoms with Gasteiger partial charge in [-0.25, -0.2) is 31.2 Å². The molecule has 3 saturated carbocycles. The van der Waals surface area contributed by atoms with Gasteiger partial charge in [0.05, 0.1) is 11.2 Å². The van der Waals surface area contributed by atoms with Crippen LogP contribution in [0.25, 0.3) is 48.0 Å². The van der Waals surface area contributed by atoms with E-state index in [1.54, 1.807) is 27.7 Å². The van der Waals surface area contributed by atoms with Gasteiger partial charge in [-0.1, -0.05) is 168 Å². The number of amides is 1. The van der Waals surface area contributed by atoms with Crippen molar-refractivity contribution in [2.45, 2.75) is 136 Å². The van der Waals surface area contributed by atoms with E-state index in [1.165, 1.54) is 64.3 Å². The summed E-state index contributed by atoms with van der Waals surface area (Å²) in [6.07, 6.45) is 16.3. The summed E-state index contributed by atoms with van der Waals surface area (Å²) in [4.78, 5) is 54.9. The standard InChI is InChI=1S/C30H33NO4S2.C25H29NO3S.C24H29NO4S2/c1-20-8-12-22(13-9-20)27-19-31(37(34,35)24-14-10-21(2)11-15-24)17-16-25(27)26-18-28(36-29(26)30(32)33)23-6-4-3-5-7-23;1-16-8-10-18(11-9-16)22-15-26(17(2)27)13-12-20(22)21-14-23(30-24(21)25(28)29)19-6-4-3-5-7-19;1-16-8-10-17(11-9-16)21-15-25(31(2,28)29)13-12-19(21)20-14-22(30-23(20)24(26)27)18-6-4-3-5-7-18/h3-7,10-11,14-15,18,20,22H,8-9,12-13,16-17,19H2,1-2H3,(H,32,33);3-7,14,16,18H,8-13,15H2,1-2H3,(H,28,29);3-7,14,16-17H,8-13,15H2,1-2H3,(H,26,27). The number of sulfonamides is 2. The van der Waals surface area contributed by atoms with Gasteiger partial charge in [-0.15, -0.1) is 34.0 Å². The SMILES string of the molecule is CC(=O)N1CCC(c2cc(-c3ccccc3)sc2C(=O)O)=C(C2CCC(C)CC2)C1.CC1CCC(C2=C(c3cc(-c4ccccc4)sc3C(=O)O)CCN(S(C)(=O)=O)C2)CC1.Cc1ccc(S(=O)(=O)N2CCC(c3cc(-c4ccccc4)sc3C(=O)O)=C(C3CCC(C)CC3)C2)cc1. The predicted octanol–water partition coefficient (Wildman–Crippen LogP) is 18.4. The molecule has 1 amide bonds. The number of thiophene rings is 3. The van der Waals surface area contributed by atoms with Gasteiger partial charge in [-0.3, -0.25) is 4.79 Å². The molecule has 0 saturated heterocycles. The fraction of sp³-hybridized carbons (Fsp3) is 0.418. The summed E-state index contributed by atoms with van der Waals surface area (Å²) in [6, 6.07) is 42.8. The maximum absolute atomic E-state index is 13.6. The molecule has 98 heavy (non-hydrogen) atoms. The van der Waals surface area contributed by atoms with E-state index in [1.807, 2.05) is 127 Å². The van der Waals surface area contributed by atoms with Crippen LogP contribution in [0.2, 0.25) is 0 Å². The minimum Gasteiger partial charge on any atom is -0.477 e. The molecule has 14 nitrogen and oxygen atoms in total. The van der Waals surface area contributed by atoms with Gasteiger partial charge < -0.3 is 20.2 Å². The molecular formula is C79H91N3O11S5. The zero-order valence-electron chi connectivity index (χ0n) is 57.0. The zero-order chi connectivity index (χ0) is 69.6. The van der Waals surface area contributed by atoms with E-state index in [9.17, 15) is 51.3 Å². The van der Waals surface area contributed by atoms with Crippen molar-refractivity contribution in [1.29, 1.82) is 0 Å². The van der Waals surface area contributed by atoms with Crippen molar-refractivity contribution in [3.05, 3.63) is 187 Å². The van der Waals surface area contributed by atoms with Gasteiger partial charge in [0, 0.05) is 77.5 Å². The summed E-state index contributed by atoms with van der Waals surface area (Å²) in [5.74, 6) is 0.518. The van der Waals surface area contributed by atoms with Crippen LogP contribution in [0.1, 0.15) is 175 Å². The third kappa shape index (κ3) is 16.9. The van der Waals surface area contributed by atoms with Crippen LogP contribution in [-0.2, 0) is 24.8 Å². The number of aryl methyl sites for hydroxylation is 1. The first-order valence-corrected chi connectivity index (χ1v) is 40.4. The molecule has 3 aromatic heterocycles. The first kappa shape index (κ1) is 72.2. The molecule has 0 radical (unpaired) electrons. The lowest BCUT2D eigenvalue weighted by Crippen LogP contribution is -2.39. The quantitative estimate of drug-likeness (QED) is 0.0880. The fourth-order valence-electron chi connectivity index (χ4n) is 15.4. The number of hydrogen-bond donors (Lipinski definition) is 3. The summed E-state index contributed by atoms with van der Waals surface area (Å²) in [6.45, 7) is 13.2. The largest absolute Gasteiger partial charge is 0.477 e. The Morgan fingerprint density at radius 2 is 0.745 bits per heavy atom. The van der Waals surface area contributed by atoms with E-state index in [0.717, 1.165) is 152 Å². The minimum atomic E-state index is -3.65. The second-order valence-corrected chi connectivity index (χ2v) is 35.0. The molecule has 4 aromatic carbocycles. The number of carboxylic acids is 3. The monoisotopic (exact) mass is 1420 g/mol. The van der Waals surface area contributed by atoms with Crippen LogP contribution in [0.15, 0.2) is 155 Å². The molecule has 19 heteroatoms. The lowest BCUT2D eigenvalue weighted by molar-refractivity contribution is -0.128. The van der Waals surface area contributed by atoms with Gasteiger partial charge >= 0.3 is 17.9 Å². The van der Waals surface area contributed by atoms with Crippen molar-refractivity contribution < 1.29 is 51.3 Å². The Hall–Kier alpha value is -7.10. The summed E-state index contributed by atoms with van der Waals surface area (Å²) in [5, 5.41) is 30.0. The first-order chi connectivity index (χ1) is 46.9. The number of hydrogen-bond acceptors (Lipinski definition) is 11. The van der Waals surface area contributed by atoms with Crippen LogP contribution in [0.4, 0.5) is 0 Å². The maximum Gasteiger partial charge on any atom is 0.346 e. The molecule has 0 spiro atoms. The molecule has 3 aliphatic heterocycles. The molecule has 6 aliphatic rings. The van der Waals surface area contributed by atoms with E-state index in [0.29, 0.717) is 95.3 Å². The molecule has 13 rings (SSSR count). The molecule has 7 aromatic rings. The van der Waals surface area contributed by atoms with E-state index >= 15 is 0 Å². The zero-order valence-corrected chi connectivity index (χ0v) is 61.1. The number of benzene rings is 4. The van der Waals surface area contributed by atoms with Crippen LogP contribution >= 0.6 is 34.0 Å². The number of nitrogens with zero attached hydrogens (tertiary/aromatic N) is 3. The van der Waals surface area contributed by atoms with Crippen molar-refractivity contribution in [3.63, 3.8) is 0 Å². The third-order valence-electron chi connectivity index (χ3n) is 21.1. The van der Waals surface area contributed by atoms with E-state index in [-0.39, 0.29) is 11.8 Å². The Labute approximate surface area is 590 Å². The molecule has 0 unspecified atom stereocenters. The van der Waals surface area contributed by atoms with E-state index in [2.05, 4.69) is 26.8 Å². The van der Waals surface area contributed by atoms with Crippen LogP contribution in [0, 0.1) is 42.4 Å². The van der Waals surface area contributed by atoms with Gasteiger partial charge in [0.1, 0.15) is 14.6 Å². The average molecular weight is 1420 g/mol. The Bertz CT molecular complexity index is 4350. The molecular weight excluding hydrogens is 1330 g/mol. The van der Waals surface area contributed by atoms with Crippen molar-refractivity contribution in [2.24, 2.45) is 35.5 Å². The number of aromatic carboxylic acids is 3. The van der Waals surface area contributed by atoms with E-state index in [4.69, 9.17) is 0 Å². The predicted molar refractivity (Wildman–Crippen MR) is 397 cm³/mol. The summed E-state index contributed by atoms with van der Waals surface area (Å²) < 4.78 is 54.9. The van der Waals surface area contributed by atoms with Crippen LogP contribution < -0.4 is 0 Å². The summed E-state index contributed by atoms with van der Waals surface area (Å²) >= 11 is 3.96. The highest BCUT2D eigenvalue weighted by Gasteiger charge is 2.38. The van der Waals surface area contributed by atoms with Gasteiger partial charge in [-0.2, -0.15) is 8.61 Å². The maximum atomic E-state index is 13.6. The summed E-state index contributed by atoms with van der Waals surface area (Å²) in [7, 11) is -6.94.